The Morgan fingerprint density at radius 3 is 2.51 bits per heavy atom. The van der Waals surface area contributed by atoms with Gasteiger partial charge in [-0.2, -0.15) is 8.78 Å². The number of likely N-dealkylation sites (tertiary alicyclic amines) is 1. The normalized spacial score (nSPS) is 21.8. The van der Waals surface area contributed by atoms with Crippen LogP contribution in [0.25, 0.3) is 11.1 Å². The van der Waals surface area contributed by atoms with E-state index in [4.69, 9.17) is 11.1 Å². The minimum Gasteiger partial charge on any atom is -0.384 e. The molecule has 226 valence electrons. The second kappa shape index (κ2) is 11.5. The number of nitrogens with zero attached hydrogens (tertiary/aromatic N) is 1. The molecule has 5 N–H and O–H groups in total. The number of aldehydes is 1. The minimum atomic E-state index is -3.31. The van der Waals surface area contributed by atoms with E-state index in [0.29, 0.717) is 27.9 Å². The van der Waals surface area contributed by atoms with Crippen molar-refractivity contribution in [3.05, 3.63) is 81.0 Å². The number of rotatable bonds is 10. The quantitative estimate of drug-likeness (QED) is 0.118. The van der Waals surface area contributed by atoms with Crippen LogP contribution in [0.1, 0.15) is 51.3 Å². The van der Waals surface area contributed by atoms with Crippen molar-refractivity contribution < 1.29 is 31.9 Å². The van der Waals surface area contributed by atoms with Crippen LogP contribution in [0.3, 0.4) is 0 Å². The smallest absolute Gasteiger partial charge is 0.299 e. The van der Waals surface area contributed by atoms with Gasteiger partial charge in [-0.25, -0.2) is 8.78 Å². The Morgan fingerprint density at radius 1 is 1.12 bits per heavy atom. The number of fused-ring (bicyclic) bond motifs is 3. The number of nitrogens with one attached hydrogen (secondary N) is 3. The second-order valence-corrected chi connectivity index (χ2v) is 11.9. The average molecular weight is 616 g/mol. The molecule has 0 spiro atoms. The van der Waals surface area contributed by atoms with Crippen molar-refractivity contribution in [2.45, 2.75) is 43.1 Å². The third kappa shape index (κ3) is 5.78. The van der Waals surface area contributed by atoms with Gasteiger partial charge in [0.15, 0.2) is 5.67 Å². The van der Waals surface area contributed by atoms with Gasteiger partial charge in [-0.15, -0.1) is 11.3 Å². The van der Waals surface area contributed by atoms with Gasteiger partial charge in [0.05, 0.1) is 18.1 Å². The molecule has 0 saturated carbocycles. The number of nitrogens with two attached hydrogens (primary N) is 1. The highest BCUT2D eigenvalue weighted by molar-refractivity contribution is 7.10. The Balaban J connectivity index is 1.29. The van der Waals surface area contributed by atoms with E-state index >= 15 is 13.2 Å². The Bertz CT molecular complexity index is 1600. The maximum atomic E-state index is 15.2. The van der Waals surface area contributed by atoms with Crippen LogP contribution in [0.15, 0.2) is 53.9 Å². The van der Waals surface area contributed by atoms with E-state index in [2.05, 4.69) is 10.6 Å². The van der Waals surface area contributed by atoms with Crippen LogP contribution in [0, 0.1) is 5.41 Å². The molecule has 1 aliphatic carbocycles. The molecule has 2 amide bonds. The highest BCUT2D eigenvalue weighted by Gasteiger charge is 2.48. The van der Waals surface area contributed by atoms with Gasteiger partial charge >= 0.3 is 0 Å². The summed E-state index contributed by atoms with van der Waals surface area (Å²) in [6, 6.07) is 8.66. The van der Waals surface area contributed by atoms with Crippen LogP contribution in [0.4, 0.5) is 17.6 Å². The van der Waals surface area contributed by atoms with Crippen LogP contribution >= 0.6 is 11.3 Å². The molecule has 43 heavy (non-hydrogen) atoms. The number of nitrogen functional groups attached to an aromatic ring is 1. The lowest BCUT2D eigenvalue weighted by Gasteiger charge is -2.27. The predicted octanol–water partition coefficient (Wildman–Crippen LogP) is 4.08. The minimum absolute atomic E-state index is 0.105. The van der Waals surface area contributed by atoms with E-state index in [1.54, 1.807) is 30.5 Å². The first kappa shape index (κ1) is 30.4. The molecule has 2 aliphatic rings. The summed E-state index contributed by atoms with van der Waals surface area (Å²) in [5, 5.41) is 14.4. The number of carbonyl (C=O) groups is 3. The Labute approximate surface area is 248 Å². The summed E-state index contributed by atoms with van der Waals surface area (Å²) in [5.74, 6) is -4.85. The number of thiophene rings is 1. The molecule has 8 nitrogen and oxygen atoms in total. The fraction of sp³-hybridized carbons (Fsp3) is 0.333. The first-order valence-corrected chi connectivity index (χ1v) is 14.4. The maximum Gasteiger partial charge on any atom is 0.299 e. The molecule has 1 aliphatic heterocycles. The lowest BCUT2D eigenvalue weighted by atomic mass is 10.0. The summed E-state index contributed by atoms with van der Waals surface area (Å²) in [6.45, 7) is -0.460. The van der Waals surface area contributed by atoms with E-state index in [9.17, 15) is 18.8 Å². The van der Waals surface area contributed by atoms with Crippen LogP contribution in [-0.2, 0) is 15.5 Å². The molecule has 5 rings (SSSR count). The first-order chi connectivity index (χ1) is 20.4. The zero-order valence-corrected chi connectivity index (χ0v) is 23.8. The topological polar surface area (TPSA) is 128 Å². The number of amides is 2. The maximum absolute atomic E-state index is 15.2. The highest BCUT2D eigenvalue weighted by Crippen LogP contribution is 2.51. The summed E-state index contributed by atoms with van der Waals surface area (Å²) in [7, 11) is 0. The molecule has 2 aromatic carbocycles. The number of hydrogen-bond acceptors (Lipinski definition) is 6. The molecule has 4 atom stereocenters. The Hall–Kier alpha value is -4.10. The number of hydrogen-bond donors (Lipinski definition) is 4. The van der Waals surface area contributed by atoms with Gasteiger partial charge in [0.25, 0.3) is 11.8 Å². The molecular formula is C30H29F4N5O3S. The number of carbonyl (C=O) groups excluding carboxylic acids is 3. The Kier molecular flexibility index (Phi) is 8.14. The van der Waals surface area contributed by atoms with Crippen LogP contribution in [0.2, 0.25) is 0 Å². The molecule has 3 aromatic rings. The number of amidine groups is 1. The number of alkyl halides is 4. The van der Waals surface area contributed by atoms with Crippen molar-refractivity contribution in [3.8, 4) is 11.1 Å². The highest BCUT2D eigenvalue weighted by atomic mass is 32.1. The first-order valence-electron chi connectivity index (χ1n) is 13.5. The van der Waals surface area contributed by atoms with Crippen molar-refractivity contribution in [2.24, 2.45) is 5.73 Å². The fourth-order valence-corrected chi connectivity index (χ4v) is 6.52. The van der Waals surface area contributed by atoms with Gasteiger partial charge in [0, 0.05) is 52.0 Å². The summed E-state index contributed by atoms with van der Waals surface area (Å²) in [6.07, 6.45) is -0.0683. The van der Waals surface area contributed by atoms with E-state index in [0.717, 1.165) is 6.07 Å². The van der Waals surface area contributed by atoms with Gasteiger partial charge in [-0.05, 0) is 36.2 Å². The number of benzene rings is 2. The fourth-order valence-electron chi connectivity index (χ4n) is 5.61. The SMILES string of the molecule is C[C@@H](NC(=O)[C@@H]1C[C@](F)(CF)CN1CC(C=O)NC(=O)c1ccc2c(c1)C(F)(F)c1ccccc1-2)c1cc(C(=N)N)cs1. The molecule has 1 unspecified atom stereocenters. The summed E-state index contributed by atoms with van der Waals surface area (Å²) < 4.78 is 59.1. The molecule has 0 bridgehead atoms. The number of halogens is 4. The molecule has 1 aromatic heterocycles. The molecule has 1 fully saturated rings. The van der Waals surface area contributed by atoms with Crippen LogP contribution in [0.5, 0.6) is 0 Å². The van der Waals surface area contributed by atoms with Crippen LogP contribution < -0.4 is 16.4 Å². The third-order valence-corrected chi connectivity index (χ3v) is 8.95. The van der Waals surface area contributed by atoms with Crippen molar-refractivity contribution >= 4 is 35.3 Å². The molecular weight excluding hydrogens is 586 g/mol. The molecule has 0 radical (unpaired) electrons. The van der Waals surface area contributed by atoms with E-state index < -0.39 is 61.2 Å². The van der Waals surface area contributed by atoms with Gasteiger partial charge in [-0.1, -0.05) is 30.3 Å². The average Bonchev–Trinajstić information content (AvgIpc) is 3.67. The van der Waals surface area contributed by atoms with Gasteiger partial charge in [-0.3, -0.25) is 19.9 Å². The summed E-state index contributed by atoms with van der Waals surface area (Å²) in [5.41, 5.74) is 3.72. The largest absolute Gasteiger partial charge is 0.384 e. The zero-order chi connectivity index (χ0) is 31.1. The van der Waals surface area contributed by atoms with Crippen molar-refractivity contribution in [2.75, 3.05) is 19.8 Å². The predicted molar refractivity (Wildman–Crippen MR) is 154 cm³/mol. The summed E-state index contributed by atoms with van der Waals surface area (Å²) in [4.78, 5) is 40.2. The monoisotopic (exact) mass is 615 g/mol. The third-order valence-electron chi connectivity index (χ3n) is 7.83. The van der Waals surface area contributed by atoms with Crippen LogP contribution in [-0.4, -0.2) is 66.4 Å². The summed E-state index contributed by atoms with van der Waals surface area (Å²) >= 11 is 1.27. The van der Waals surface area contributed by atoms with E-state index in [1.165, 1.54) is 40.5 Å². The zero-order valence-electron chi connectivity index (χ0n) is 23.0. The second-order valence-electron chi connectivity index (χ2n) is 10.9. The van der Waals surface area contributed by atoms with E-state index in [1.807, 2.05) is 0 Å². The van der Waals surface area contributed by atoms with Gasteiger partial charge in [0.1, 0.15) is 18.8 Å². The standard InChI is InChI=1S/C30H29F4N5O3S/c1-16(25-9-18(13-43-25)26(35)36)37-28(42)24-10-29(32,14-31)15-39(24)11-19(12-40)38-27(41)17-6-7-21-20-4-2-3-5-22(20)30(33,34)23(21)8-17/h2-9,12-13,16,19,24H,10-11,14-15H2,1H3,(H3,35,36)(H,37,42)(H,38,41)/t16-,19?,24+,29+/m1/s1. The molecule has 13 heteroatoms. The van der Waals surface area contributed by atoms with Gasteiger partial charge in [0.2, 0.25) is 5.91 Å². The van der Waals surface area contributed by atoms with Crippen molar-refractivity contribution in [3.63, 3.8) is 0 Å². The van der Waals surface area contributed by atoms with Crippen molar-refractivity contribution in [1.29, 1.82) is 5.41 Å². The van der Waals surface area contributed by atoms with E-state index in [-0.39, 0.29) is 29.1 Å². The molecule has 1 saturated heterocycles. The lowest BCUT2D eigenvalue weighted by molar-refractivity contribution is -0.126. The van der Waals surface area contributed by atoms with Gasteiger partial charge < -0.3 is 21.2 Å². The lowest BCUT2D eigenvalue weighted by Crippen LogP contribution is -2.50. The molecule has 2 heterocycles. The van der Waals surface area contributed by atoms with Crippen molar-refractivity contribution in [1.82, 2.24) is 15.5 Å². The Morgan fingerprint density at radius 2 is 1.84 bits per heavy atom.